The number of nitrogens with two attached hydrogens (primary N) is 1. The highest BCUT2D eigenvalue weighted by Gasteiger charge is 2.40. The van der Waals surface area contributed by atoms with E-state index in [9.17, 15) is 47.9 Å². The lowest BCUT2D eigenvalue weighted by Crippen LogP contribution is -2.51. The van der Waals surface area contributed by atoms with E-state index in [1.54, 1.807) is 48.9 Å². The van der Waals surface area contributed by atoms with Gasteiger partial charge in [-0.2, -0.15) is 0 Å². The SMILES string of the molecule is CC(C)[C@H](NC(=O)CCCCCN1C(=O)C=CC1=O)C(=O)C[C@@H](CCCNC(N)=O)C(=O)Nc1ccc(COC(=O)N2CCOC[C@H]2CCN(C(=O)CO)[C@@H](c2nc(-c3cc(F)ccc3F)cn2Cc2ccccc2)C(C)(C)C)cc1. The number of amides is 8. The van der Waals surface area contributed by atoms with Gasteiger partial charge in [0.2, 0.25) is 17.7 Å². The lowest BCUT2D eigenvalue weighted by molar-refractivity contribution is -0.140. The summed E-state index contributed by atoms with van der Waals surface area (Å²) in [6, 6.07) is 16.2. The molecule has 0 saturated carbocycles. The molecule has 0 aliphatic carbocycles. The number of anilines is 1. The van der Waals surface area contributed by atoms with E-state index in [1.807, 2.05) is 51.1 Å². The number of primary amides is 1. The highest BCUT2D eigenvalue weighted by atomic mass is 19.1. The van der Waals surface area contributed by atoms with Gasteiger partial charge >= 0.3 is 12.1 Å². The second-order valence-corrected chi connectivity index (χ2v) is 21.7. The number of halogens is 2. The van der Waals surface area contributed by atoms with E-state index in [2.05, 4.69) is 16.0 Å². The number of urea groups is 1. The number of carbonyl (C=O) groups is 8. The minimum Gasteiger partial charge on any atom is -0.445 e. The number of hydrogen-bond acceptors (Lipinski definition) is 12. The lowest BCUT2D eigenvalue weighted by Gasteiger charge is -2.41. The van der Waals surface area contributed by atoms with Gasteiger partial charge in [-0.3, -0.25) is 33.7 Å². The van der Waals surface area contributed by atoms with Gasteiger partial charge in [0.25, 0.3) is 11.8 Å². The van der Waals surface area contributed by atoms with E-state index in [4.69, 9.17) is 20.2 Å². The summed E-state index contributed by atoms with van der Waals surface area (Å²) in [7, 11) is 0. The molecule has 1 saturated heterocycles. The maximum absolute atomic E-state index is 15.3. The molecule has 0 bridgehead atoms. The van der Waals surface area contributed by atoms with Crippen molar-refractivity contribution in [3.8, 4) is 11.3 Å². The quantitative estimate of drug-likeness (QED) is 0.0290. The van der Waals surface area contributed by atoms with Gasteiger partial charge < -0.3 is 50.6 Å². The van der Waals surface area contributed by atoms with Gasteiger partial charge in [-0.15, -0.1) is 0 Å². The van der Waals surface area contributed by atoms with Crippen LogP contribution in [0.3, 0.4) is 0 Å². The Morgan fingerprint density at radius 1 is 0.926 bits per heavy atom. The number of imidazole rings is 1. The van der Waals surface area contributed by atoms with E-state index in [1.165, 1.54) is 22.0 Å². The van der Waals surface area contributed by atoms with Crippen LogP contribution in [0.25, 0.3) is 11.3 Å². The number of morpholine rings is 1. The maximum Gasteiger partial charge on any atom is 0.410 e. The van der Waals surface area contributed by atoms with E-state index in [-0.39, 0.29) is 119 Å². The molecule has 0 unspecified atom stereocenters. The molecule has 2 aliphatic rings. The molecule has 1 fully saturated rings. The number of benzene rings is 3. The zero-order valence-electron chi connectivity index (χ0n) is 46.7. The predicted octanol–water partition coefficient (Wildman–Crippen LogP) is 6.80. The first-order valence-electron chi connectivity index (χ1n) is 27.4. The third-order valence-electron chi connectivity index (χ3n) is 14.2. The number of Topliss-reactive ketones (excluding diaryl/α,β-unsaturated/α-hetero) is 1. The predicted molar refractivity (Wildman–Crippen MR) is 296 cm³/mol. The van der Waals surface area contributed by atoms with Crippen molar-refractivity contribution in [1.29, 1.82) is 0 Å². The molecule has 1 aromatic heterocycles. The molecule has 0 radical (unpaired) electrons. The summed E-state index contributed by atoms with van der Waals surface area (Å²) < 4.78 is 43.2. The van der Waals surface area contributed by atoms with Gasteiger partial charge in [0.15, 0.2) is 5.78 Å². The summed E-state index contributed by atoms with van der Waals surface area (Å²) in [5.74, 6) is -4.58. The van der Waals surface area contributed by atoms with Crippen molar-refractivity contribution >= 4 is 53.1 Å². The fourth-order valence-electron chi connectivity index (χ4n) is 9.94. The number of aliphatic hydroxyl groups excluding tert-OH is 1. The average Bonchev–Trinajstić information content (AvgIpc) is 4.24. The smallest absolute Gasteiger partial charge is 0.410 e. The van der Waals surface area contributed by atoms with Gasteiger partial charge in [0.05, 0.1) is 37.0 Å². The van der Waals surface area contributed by atoms with Crippen LogP contribution in [0.15, 0.2) is 91.1 Å². The number of aliphatic hydroxyl groups is 1. The van der Waals surface area contributed by atoms with Crippen molar-refractivity contribution in [2.75, 3.05) is 51.3 Å². The number of rotatable bonds is 28. The second kappa shape index (κ2) is 29.6. The monoisotopic (exact) mass is 1120 g/mol. The third kappa shape index (κ3) is 18.1. The van der Waals surface area contributed by atoms with Gasteiger partial charge in [-0.05, 0) is 84.9 Å². The summed E-state index contributed by atoms with van der Waals surface area (Å²) in [5.41, 5.74) is 6.51. The molecule has 6 N–H and O–H groups in total. The topological polar surface area (TPSA) is 265 Å². The first kappa shape index (κ1) is 62.3. The number of aromatic nitrogens is 2. The Hall–Kier alpha value is -7.85. The van der Waals surface area contributed by atoms with Crippen LogP contribution in [0.2, 0.25) is 0 Å². The van der Waals surface area contributed by atoms with Gasteiger partial charge in [-0.25, -0.2) is 23.4 Å². The molecule has 22 heteroatoms. The van der Waals surface area contributed by atoms with Crippen LogP contribution in [0, 0.1) is 28.9 Å². The third-order valence-corrected chi connectivity index (χ3v) is 14.2. The second-order valence-electron chi connectivity index (χ2n) is 21.7. The van der Waals surface area contributed by atoms with Gasteiger partial charge in [0.1, 0.15) is 30.7 Å². The molecule has 2 aliphatic heterocycles. The first-order valence-corrected chi connectivity index (χ1v) is 27.4. The molecular formula is C59H75F2N9O11. The van der Waals surface area contributed by atoms with Crippen molar-refractivity contribution in [3.63, 3.8) is 0 Å². The van der Waals surface area contributed by atoms with Crippen molar-refractivity contribution in [2.45, 2.75) is 117 Å². The van der Waals surface area contributed by atoms with Crippen molar-refractivity contribution in [3.05, 3.63) is 120 Å². The van der Waals surface area contributed by atoms with Crippen LogP contribution in [-0.2, 0) is 51.4 Å². The number of ether oxygens (including phenoxy) is 2. The zero-order valence-corrected chi connectivity index (χ0v) is 46.7. The first-order chi connectivity index (χ1) is 38.6. The Morgan fingerprint density at radius 3 is 2.31 bits per heavy atom. The molecule has 81 heavy (non-hydrogen) atoms. The van der Waals surface area contributed by atoms with Crippen LogP contribution in [0.1, 0.15) is 109 Å². The highest BCUT2D eigenvalue weighted by molar-refractivity contribution is 6.12. The number of ketones is 1. The zero-order chi connectivity index (χ0) is 58.8. The Bertz CT molecular complexity index is 2860. The van der Waals surface area contributed by atoms with Crippen LogP contribution >= 0.6 is 0 Å². The number of nitrogens with one attached hydrogen (secondary N) is 3. The van der Waals surface area contributed by atoms with Crippen molar-refractivity contribution in [2.24, 2.45) is 23.0 Å². The van der Waals surface area contributed by atoms with E-state index in [0.717, 1.165) is 28.7 Å². The number of imide groups is 1. The Labute approximate surface area is 470 Å². The fourth-order valence-corrected chi connectivity index (χ4v) is 9.94. The summed E-state index contributed by atoms with van der Waals surface area (Å²) in [4.78, 5) is 112. The number of carbonyl (C=O) groups excluding carboxylic acids is 8. The van der Waals surface area contributed by atoms with E-state index < -0.39 is 71.6 Å². The summed E-state index contributed by atoms with van der Waals surface area (Å²) in [6.07, 6.45) is 5.67. The average molecular weight is 1120 g/mol. The number of unbranched alkanes of at least 4 members (excludes halogenated alkanes) is 2. The Morgan fingerprint density at radius 2 is 1.64 bits per heavy atom. The van der Waals surface area contributed by atoms with E-state index >= 15 is 4.39 Å². The van der Waals surface area contributed by atoms with Gasteiger partial charge in [0, 0.05) is 81.1 Å². The molecule has 4 aromatic rings. The minimum absolute atomic E-state index is 0.0401. The molecule has 3 heterocycles. The molecule has 6 rings (SSSR count). The Balaban J connectivity index is 1.07. The maximum atomic E-state index is 15.3. The highest BCUT2D eigenvalue weighted by Crippen LogP contribution is 2.40. The minimum atomic E-state index is -0.881. The Kier molecular flexibility index (Phi) is 22.8. The summed E-state index contributed by atoms with van der Waals surface area (Å²) in [5, 5.41) is 18.6. The molecule has 3 aromatic carbocycles. The van der Waals surface area contributed by atoms with Crippen molar-refractivity contribution in [1.82, 2.24) is 34.9 Å². The fraction of sp³-hybridized carbons (Fsp3) is 0.475. The molecule has 0 spiro atoms. The largest absolute Gasteiger partial charge is 0.445 e. The standard InChI is InChI=1S/C59H75F2N9O11/c1-38(2)53(66-49(73)16-10-7-11-27-69-50(74)23-24-51(69)75)48(72)31-41(15-12-26-63-57(62)78)56(77)64-43-20-17-40(18-21-43)36-81-58(79)68-29-30-80-37-44(68)25-28-70(52(76)35-71)54(59(3,4)5)55-65-47(45-32-42(60)19-22-46(45)61)34-67(55)33-39-13-8-6-9-14-39/h6,8-9,13-14,17-24,32,34,38,41,44,53-54,71H,7,10-12,15-16,25-31,33,35-37H2,1-5H3,(H,64,77)(H,66,73)(H3,62,63,78)/t41-,44-,53+,54+/m1/s1. The van der Waals surface area contributed by atoms with Crippen LogP contribution in [0.5, 0.6) is 0 Å². The van der Waals surface area contributed by atoms with Gasteiger partial charge in [-0.1, -0.05) is 83.5 Å². The lowest BCUT2D eigenvalue weighted by atomic mass is 9.84. The molecule has 8 amide bonds. The van der Waals surface area contributed by atoms with Crippen molar-refractivity contribution < 1.29 is 61.7 Å². The normalized spacial score (nSPS) is 15.5. The van der Waals surface area contributed by atoms with Crippen LogP contribution < -0.4 is 21.7 Å². The van der Waals surface area contributed by atoms with Crippen LogP contribution in [0.4, 0.5) is 24.1 Å². The van der Waals surface area contributed by atoms with E-state index in [0.29, 0.717) is 42.8 Å². The molecular weight excluding hydrogens is 1050 g/mol. The summed E-state index contributed by atoms with van der Waals surface area (Å²) in [6.45, 7) is 9.64. The molecule has 4 atom stereocenters. The summed E-state index contributed by atoms with van der Waals surface area (Å²) >= 11 is 0. The molecule has 436 valence electrons. The van der Waals surface area contributed by atoms with Crippen LogP contribution in [-0.4, -0.2) is 135 Å². The number of nitrogens with zero attached hydrogens (tertiary/aromatic N) is 5. The number of hydrogen-bond donors (Lipinski definition) is 5. The molecule has 20 nitrogen and oxygen atoms in total.